The molecule has 2 saturated carbocycles. The predicted octanol–water partition coefficient (Wildman–Crippen LogP) is 0.314. The smallest absolute Gasteiger partial charge is 0.310 e. The molecule has 0 radical (unpaired) electrons. The summed E-state index contributed by atoms with van der Waals surface area (Å²) in [5.74, 6) is -4.74. The van der Waals surface area contributed by atoms with Crippen LogP contribution in [0.25, 0.3) is 0 Å². The zero-order chi connectivity index (χ0) is 19.7. The van der Waals surface area contributed by atoms with Crippen LogP contribution >= 0.6 is 0 Å². The normalized spacial score (nSPS) is 43.5. The lowest BCUT2D eigenvalue weighted by Crippen LogP contribution is -2.47. The molecule has 0 spiro atoms. The van der Waals surface area contributed by atoms with Gasteiger partial charge in [0.2, 0.25) is 0 Å². The van der Waals surface area contributed by atoms with Gasteiger partial charge in [-0.2, -0.15) is 16.8 Å². The highest BCUT2D eigenvalue weighted by atomic mass is 32.2. The molecule has 7 atom stereocenters. The Labute approximate surface area is 152 Å². The van der Waals surface area contributed by atoms with Gasteiger partial charge in [0.05, 0.1) is 22.3 Å². The van der Waals surface area contributed by atoms with E-state index in [2.05, 4.69) is 0 Å². The second kappa shape index (κ2) is 5.98. The van der Waals surface area contributed by atoms with Crippen LogP contribution in [0.15, 0.2) is 0 Å². The van der Waals surface area contributed by atoms with Crippen LogP contribution in [0.2, 0.25) is 0 Å². The molecule has 3 fully saturated rings. The second-order valence-corrected chi connectivity index (χ2v) is 11.1. The van der Waals surface area contributed by atoms with E-state index in [1.807, 2.05) is 0 Å². The fourth-order valence-electron chi connectivity index (χ4n) is 5.36. The summed E-state index contributed by atoms with van der Waals surface area (Å²) < 4.78 is 70.3. The number of Topliss-reactive ketones (excluding diaryl/α,β-unsaturated/α-hetero) is 1. The molecule has 3 aliphatic rings. The molecule has 0 aromatic heterocycles. The molecular formula is C15H22O9S2. The number of hydrogen-bond acceptors (Lipinski definition) is 7. The van der Waals surface area contributed by atoms with Gasteiger partial charge in [0.25, 0.3) is 20.2 Å². The van der Waals surface area contributed by atoms with Crippen molar-refractivity contribution in [1.29, 1.82) is 0 Å². The van der Waals surface area contributed by atoms with E-state index in [-0.39, 0.29) is 12.3 Å². The lowest BCUT2D eigenvalue weighted by molar-refractivity contribution is -0.153. The van der Waals surface area contributed by atoms with Crippen molar-refractivity contribution in [3.8, 4) is 0 Å². The van der Waals surface area contributed by atoms with E-state index in [9.17, 15) is 31.0 Å². The molecule has 1 aliphatic heterocycles. The Bertz CT molecular complexity index is 846. The number of hydrogen-bond donors (Lipinski definition) is 2. The van der Waals surface area contributed by atoms with Crippen molar-refractivity contribution >= 4 is 32.0 Å². The third kappa shape index (κ3) is 2.98. The molecule has 0 amide bonds. The van der Waals surface area contributed by atoms with E-state index < -0.39 is 72.3 Å². The Balaban J connectivity index is 2.07. The first-order chi connectivity index (χ1) is 11.8. The van der Waals surface area contributed by atoms with Crippen LogP contribution in [0.4, 0.5) is 0 Å². The standard InChI is InChI=1S/C15H22O9S2/c1-7-3-4-8-9(6-25(18,19)20)14(17)24-13(8)15(2)11(16)5-10(12(7)15)26(21,22)23/h7-10,12-13H,3-6H2,1-2H3,(H,18,19,20)(H,21,22,23)/t7-,8-,9?,10?,12+,13+,15+/m0/s1. The summed E-state index contributed by atoms with van der Waals surface area (Å²) in [5.41, 5.74) is -1.33. The molecular weight excluding hydrogens is 388 g/mol. The molecule has 2 N–H and O–H groups in total. The minimum absolute atomic E-state index is 0.255. The molecule has 9 nitrogen and oxygen atoms in total. The molecule has 0 aromatic rings. The molecule has 2 aliphatic carbocycles. The summed E-state index contributed by atoms with van der Waals surface area (Å²) >= 11 is 0. The summed E-state index contributed by atoms with van der Waals surface area (Å²) in [6.45, 7) is 3.31. The molecule has 3 rings (SSSR count). The van der Waals surface area contributed by atoms with Crippen LogP contribution in [-0.4, -0.2) is 54.8 Å². The van der Waals surface area contributed by atoms with E-state index in [1.54, 1.807) is 6.92 Å². The first-order valence-corrected chi connectivity index (χ1v) is 11.5. The number of carbonyl (C=O) groups excluding carboxylic acids is 2. The Morgan fingerprint density at radius 3 is 2.31 bits per heavy atom. The van der Waals surface area contributed by atoms with Gasteiger partial charge >= 0.3 is 5.97 Å². The van der Waals surface area contributed by atoms with E-state index >= 15 is 0 Å². The Hall–Kier alpha value is -1.04. The van der Waals surface area contributed by atoms with E-state index in [4.69, 9.17) is 9.29 Å². The summed E-state index contributed by atoms with van der Waals surface area (Å²) in [6, 6.07) is 0. The maximum atomic E-state index is 12.8. The highest BCUT2D eigenvalue weighted by molar-refractivity contribution is 7.86. The Morgan fingerprint density at radius 1 is 1.15 bits per heavy atom. The predicted molar refractivity (Wildman–Crippen MR) is 88.2 cm³/mol. The Morgan fingerprint density at radius 2 is 1.77 bits per heavy atom. The highest BCUT2D eigenvalue weighted by Gasteiger charge is 2.67. The van der Waals surface area contributed by atoms with Gasteiger partial charge in [-0.1, -0.05) is 6.92 Å². The van der Waals surface area contributed by atoms with Crippen molar-refractivity contribution in [2.24, 2.45) is 29.1 Å². The van der Waals surface area contributed by atoms with Crippen molar-refractivity contribution in [2.45, 2.75) is 44.5 Å². The zero-order valence-electron chi connectivity index (χ0n) is 14.4. The molecule has 0 bridgehead atoms. The maximum absolute atomic E-state index is 12.8. The van der Waals surface area contributed by atoms with Crippen molar-refractivity contribution in [3.63, 3.8) is 0 Å². The van der Waals surface area contributed by atoms with Gasteiger partial charge in [-0.15, -0.1) is 0 Å². The van der Waals surface area contributed by atoms with E-state index in [1.165, 1.54) is 6.92 Å². The van der Waals surface area contributed by atoms with E-state index in [0.717, 1.165) is 0 Å². The average molecular weight is 410 g/mol. The molecule has 0 aromatic carbocycles. The summed E-state index contributed by atoms with van der Waals surface area (Å²) in [5, 5.41) is -1.27. The van der Waals surface area contributed by atoms with Crippen LogP contribution in [0, 0.1) is 29.1 Å². The van der Waals surface area contributed by atoms with Crippen LogP contribution in [0.3, 0.4) is 0 Å². The van der Waals surface area contributed by atoms with Crippen LogP contribution < -0.4 is 0 Å². The van der Waals surface area contributed by atoms with Crippen molar-refractivity contribution in [1.82, 2.24) is 0 Å². The van der Waals surface area contributed by atoms with Gasteiger partial charge in [-0.05, 0) is 31.6 Å². The maximum Gasteiger partial charge on any atom is 0.310 e. The quantitative estimate of drug-likeness (QED) is 0.494. The van der Waals surface area contributed by atoms with Gasteiger partial charge < -0.3 is 4.74 Å². The third-order valence-electron chi connectivity index (χ3n) is 6.46. The fourth-order valence-corrected chi connectivity index (χ4v) is 7.48. The van der Waals surface area contributed by atoms with Crippen LogP contribution in [0.1, 0.15) is 33.1 Å². The molecule has 1 heterocycles. The van der Waals surface area contributed by atoms with Crippen LogP contribution in [-0.2, 0) is 34.6 Å². The number of rotatable bonds is 3. The highest BCUT2D eigenvalue weighted by Crippen LogP contribution is 2.58. The topological polar surface area (TPSA) is 152 Å². The molecule has 26 heavy (non-hydrogen) atoms. The Kier molecular flexibility index (Phi) is 4.53. The lowest BCUT2D eigenvalue weighted by atomic mass is 9.68. The summed E-state index contributed by atoms with van der Waals surface area (Å²) in [4.78, 5) is 25.0. The van der Waals surface area contributed by atoms with Gasteiger partial charge in [-0.3, -0.25) is 18.7 Å². The van der Waals surface area contributed by atoms with Gasteiger partial charge in [0, 0.05) is 12.3 Å². The monoisotopic (exact) mass is 410 g/mol. The SMILES string of the molecule is C[C@H]1CC[C@H]2C(CS(=O)(=O)O)C(=O)O[C@H]2[C@]2(C)C(=O)CC(S(=O)(=O)O)[C@@H]12. The van der Waals surface area contributed by atoms with Gasteiger partial charge in [-0.25, -0.2) is 0 Å². The summed E-state index contributed by atoms with van der Waals surface area (Å²) in [7, 11) is -8.90. The second-order valence-electron chi connectivity index (χ2n) is 7.92. The fraction of sp³-hybridized carbons (Fsp3) is 0.867. The average Bonchev–Trinajstić information content (AvgIpc) is 2.88. The van der Waals surface area contributed by atoms with Gasteiger partial charge in [0.15, 0.2) is 0 Å². The number of esters is 1. The molecule has 2 unspecified atom stereocenters. The summed E-state index contributed by atoms with van der Waals surface area (Å²) in [6.07, 6.45) is -0.543. The third-order valence-corrected chi connectivity index (χ3v) is 8.47. The molecule has 11 heteroatoms. The minimum Gasteiger partial charge on any atom is -0.461 e. The largest absolute Gasteiger partial charge is 0.461 e. The number of fused-ring (bicyclic) bond motifs is 3. The first kappa shape index (κ1) is 19.7. The van der Waals surface area contributed by atoms with E-state index in [0.29, 0.717) is 12.8 Å². The first-order valence-electron chi connectivity index (χ1n) is 8.42. The number of carbonyl (C=O) groups is 2. The van der Waals surface area contributed by atoms with Crippen molar-refractivity contribution < 1.29 is 40.3 Å². The number of ether oxygens (including phenoxy) is 1. The zero-order valence-corrected chi connectivity index (χ0v) is 16.0. The molecule has 1 saturated heterocycles. The molecule has 148 valence electrons. The minimum atomic E-state index is -4.47. The number of ketones is 1. The van der Waals surface area contributed by atoms with Crippen molar-refractivity contribution in [3.05, 3.63) is 0 Å². The van der Waals surface area contributed by atoms with Crippen molar-refractivity contribution in [2.75, 3.05) is 5.75 Å². The van der Waals surface area contributed by atoms with Crippen LogP contribution in [0.5, 0.6) is 0 Å². The van der Waals surface area contributed by atoms with Gasteiger partial charge in [0.1, 0.15) is 11.9 Å². The lowest BCUT2D eigenvalue weighted by Gasteiger charge is -2.38.